The molecular weight excluding hydrogens is 501 g/mol. The summed E-state index contributed by atoms with van der Waals surface area (Å²) in [5.74, 6) is 0.0165. The summed E-state index contributed by atoms with van der Waals surface area (Å²) in [6.45, 7) is 0.315. The fourth-order valence-electron chi connectivity index (χ4n) is 4.97. The van der Waals surface area contributed by atoms with Gasteiger partial charge in [-0.3, -0.25) is 9.59 Å². The summed E-state index contributed by atoms with van der Waals surface area (Å²) in [6.07, 6.45) is 3.21. The maximum atomic E-state index is 12.8. The number of benzene rings is 3. The number of nitrogens with one attached hydrogen (secondary N) is 1. The monoisotopic (exact) mass is 525 g/mol. The minimum atomic E-state index is -0.907. The Hall–Kier alpha value is -3.22. The van der Waals surface area contributed by atoms with E-state index in [1.165, 1.54) is 5.56 Å². The normalized spacial score (nSPS) is 20.8. The SMILES string of the molecule is O=C(NC1CCC(c2cccc(Cl)c2)C1)c1ccc(Oc2cc3c(cc2Cl)C(C(=O)O)CCO3)cc1. The summed E-state index contributed by atoms with van der Waals surface area (Å²) in [5, 5.41) is 13.6. The molecule has 1 fully saturated rings. The zero-order chi connectivity index (χ0) is 25.2. The number of carbonyl (C=O) groups is 2. The van der Waals surface area contributed by atoms with Crippen LogP contribution in [-0.2, 0) is 4.79 Å². The number of ether oxygens (including phenoxy) is 2. The number of hydrogen-bond acceptors (Lipinski definition) is 4. The minimum Gasteiger partial charge on any atom is -0.493 e. The Balaban J connectivity index is 1.21. The second-order valence-electron chi connectivity index (χ2n) is 9.21. The van der Waals surface area contributed by atoms with Crippen LogP contribution < -0.4 is 14.8 Å². The standard InChI is InChI=1S/C28H25Cl2NO5/c29-19-3-1-2-17(12-19)18-4-7-20(13-18)31-27(32)16-5-8-21(9-6-16)36-26-15-25-23(14-24(26)30)22(28(33)34)10-11-35-25/h1-3,5-6,8-9,12,14-15,18,20,22H,4,7,10-11,13H2,(H,31,32)(H,33,34). The van der Waals surface area contributed by atoms with E-state index in [0.717, 1.165) is 24.3 Å². The molecule has 0 radical (unpaired) electrons. The van der Waals surface area contributed by atoms with Crippen molar-refractivity contribution < 1.29 is 24.2 Å². The van der Waals surface area contributed by atoms with Gasteiger partial charge < -0.3 is 19.9 Å². The van der Waals surface area contributed by atoms with Crippen molar-refractivity contribution in [2.45, 2.75) is 43.6 Å². The molecule has 0 spiro atoms. The summed E-state index contributed by atoms with van der Waals surface area (Å²) < 4.78 is 11.5. The minimum absolute atomic E-state index is 0.112. The van der Waals surface area contributed by atoms with Crippen LogP contribution in [0.15, 0.2) is 60.7 Å². The highest BCUT2D eigenvalue weighted by atomic mass is 35.5. The molecule has 3 unspecified atom stereocenters. The van der Waals surface area contributed by atoms with Gasteiger partial charge >= 0.3 is 5.97 Å². The van der Waals surface area contributed by atoms with Crippen LogP contribution in [0.1, 0.15) is 59.0 Å². The van der Waals surface area contributed by atoms with Crippen molar-refractivity contribution >= 4 is 35.1 Å². The number of halogens is 2. The molecule has 0 aromatic heterocycles. The highest BCUT2D eigenvalue weighted by Crippen LogP contribution is 2.42. The highest BCUT2D eigenvalue weighted by Gasteiger charge is 2.29. The van der Waals surface area contributed by atoms with Crippen LogP contribution in [0.4, 0.5) is 0 Å². The number of carboxylic acid groups (broad SMARTS) is 1. The Morgan fingerprint density at radius 2 is 1.81 bits per heavy atom. The molecular formula is C28H25Cl2NO5. The zero-order valence-corrected chi connectivity index (χ0v) is 20.9. The molecule has 1 aliphatic carbocycles. The molecule has 1 aliphatic heterocycles. The molecule has 2 aliphatic rings. The molecule has 36 heavy (non-hydrogen) atoms. The van der Waals surface area contributed by atoms with E-state index in [0.29, 0.717) is 52.3 Å². The van der Waals surface area contributed by atoms with Crippen molar-refractivity contribution in [3.05, 3.63) is 87.4 Å². The average Bonchev–Trinajstić information content (AvgIpc) is 3.33. The smallest absolute Gasteiger partial charge is 0.311 e. The lowest BCUT2D eigenvalue weighted by Gasteiger charge is -2.24. The number of amides is 1. The summed E-state index contributed by atoms with van der Waals surface area (Å²) in [6, 6.07) is 18.1. The van der Waals surface area contributed by atoms with E-state index in [4.69, 9.17) is 32.7 Å². The molecule has 8 heteroatoms. The molecule has 1 saturated carbocycles. The molecule has 5 rings (SSSR count). The number of carboxylic acids is 1. The zero-order valence-electron chi connectivity index (χ0n) is 19.4. The molecule has 1 heterocycles. The van der Waals surface area contributed by atoms with Crippen molar-refractivity contribution in [1.82, 2.24) is 5.32 Å². The third-order valence-corrected chi connectivity index (χ3v) is 7.36. The number of rotatable bonds is 6. The second kappa shape index (κ2) is 10.4. The van der Waals surface area contributed by atoms with Crippen LogP contribution in [0.5, 0.6) is 17.2 Å². The van der Waals surface area contributed by atoms with Gasteiger partial charge in [-0.25, -0.2) is 0 Å². The van der Waals surface area contributed by atoms with Gasteiger partial charge in [0.15, 0.2) is 0 Å². The summed E-state index contributed by atoms with van der Waals surface area (Å²) in [7, 11) is 0. The van der Waals surface area contributed by atoms with Crippen LogP contribution in [0.25, 0.3) is 0 Å². The van der Waals surface area contributed by atoms with Crippen LogP contribution in [0.3, 0.4) is 0 Å². The summed E-state index contributed by atoms with van der Waals surface area (Å²) >= 11 is 12.5. The van der Waals surface area contributed by atoms with Crippen LogP contribution in [0, 0.1) is 0 Å². The maximum absolute atomic E-state index is 12.8. The van der Waals surface area contributed by atoms with Gasteiger partial charge in [-0.15, -0.1) is 0 Å². The van der Waals surface area contributed by atoms with Gasteiger partial charge in [0, 0.05) is 28.3 Å². The first-order valence-electron chi connectivity index (χ1n) is 11.9. The lowest BCUT2D eigenvalue weighted by molar-refractivity contribution is -0.139. The lowest BCUT2D eigenvalue weighted by Crippen LogP contribution is -2.32. The van der Waals surface area contributed by atoms with Gasteiger partial charge in [-0.1, -0.05) is 35.3 Å². The Bertz CT molecular complexity index is 1290. The molecule has 0 saturated heterocycles. The first-order valence-corrected chi connectivity index (χ1v) is 12.7. The predicted octanol–water partition coefficient (Wildman–Crippen LogP) is 6.80. The lowest BCUT2D eigenvalue weighted by atomic mass is 9.93. The van der Waals surface area contributed by atoms with E-state index < -0.39 is 11.9 Å². The van der Waals surface area contributed by atoms with E-state index >= 15 is 0 Å². The quantitative estimate of drug-likeness (QED) is 0.369. The van der Waals surface area contributed by atoms with Crippen LogP contribution >= 0.6 is 23.2 Å². The van der Waals surface area contributed by atoms with Crippen molar-refractivity contribution in [3.8, 4) is 17.2 Å². The van der Waals surface area contributed by atoms with Gasteiger partial charge in [0.2, 0.25) is 0 Å². The largest absolute Gasteiger partial charge is 0.493 e. The van der Waals surface area contributed by atoms with Crippen LogP contribution in [0.2, 0.25) is 10.0 Å². The van der Waals surface area contributed by atoms with Gasteiger partial charge in [-0.2, -0.15) is 0 Å². The first-order chi connectivity index (χ1) is 17.4. The Kier molecular flexibility index (Phi) is 7.08. The van der Waals surface area contributed by atoms with Gasteiger partial charge in [0.25, 0.3) is 5.91 Å². The van der Waals surface area contributed by atoms with Crippen molar-refractivity contribution in [2.75, 3.05) is 6.61 Å². The molecule has 3 aromatic rings. The Morgan fingerprint density at radius 1 is 1.00 bits per heavy atom. The molecule has 2 N–H and O–H groups in total. The average molecular weight is 526 g/mol. The number of aliphatic carboxylic acids is 1. The maximum Gasteiger partial charge on any atom is 0.311 e. The molecule has 1 amide bonds. The second-order valence-corrected chi connectivity index (χ2v) is 10.1. The highest BCUT2D eigenvalue weighted by molar-refractivity contribution is 6.32. The Morgan fingerprint density at radius 3 is 2.56 bits per heavy atom. The van der Waals surface area contributed by atoms with Gasteiger partial charge in [-0.05, 0) is 79.6 Å². The van der Waals surface area contributed by atoms with E-state index in [2.05, 4.69) is 11.4 Å². The third-order valence-electron chi connectivity index (χ3n) is 6.83. The number of fused-ring (bicyclic) bond motifs is 1. The van der Waals surface area contributed by atoms with E-state index in [-0.39, 0.29) is 11.9 Å². The summed E-state index contributed by atoms with van der Waals surface area (Å²) in [5.41, 5.74) is 2.30. The molecule has 3 atom stereocenters. The van der Waals surface area contributed by atoms with Crippen molar-refractivity contribution in [2.24, 2.45) is 0 Å². The van der Waals surface area contributed by atoms with Crippen molar-refractivity contribution in [3.63, 3.8) is 0 Å². The first kappa shape index (κ1) is 24.5. The summed E-state index contributed by atoms with van der Waals surface area (Å²) in [4.78, 5) is 24.3. The molecule has 0 bridgehead atoms. The fourth-order valence-corrected chi connectivity index (χ4v) is 5.38. The molecule has 6 nitrogen and oxygen atoms in total. The van der Waals surface area contributed by atoms with E-state index in [1.807, 2.05) is 18.2 Å². The van der Waals surface area contributed by atoms with E-state index in [9.17, 15) is 14.7 Å². The number of hydrogen-bond donors (Lipinski definition) is 2. The van der Waals surface area contributed by atoms with Gasteiger partial charge in [0.05, 0.1) is 17.5 Å². The van der Waals surface area contributed by atoms with E-state index in [1.54, 1.807) is 36.4 Å². The van der Waals surface area contributed by atoms with Gasteiger partial charge in [0.1, 0.15) is 17.2 Å². The number of carbonyl (C=O) groups excluding carboxylic acids is 1. The molecule has 186 valence electrons. The molecule has 3 aromatic carbocycles. The topological polar surface area (TPSA) is 84.9 Å². The van der Waals surface area contributed by atoms with Crippen molar-refractivity contribution in [1.29, 1.82) is 0 Å². The third kappa shape index (κ3) is 5.30. The predicted molar refractivity (Wildman–Crippen MR) is 138 cm³/mol. The fraction of sp³-hybridized carbons (Fsp3) is 0.286. The Labute approximate surface area is 219 Å². The van der Waals surface area contributed by atoms with Crippen LogP contribution in [-0.4, -0.2) is 29.6 Å².